The molecule has 1 rings (SSSR count). The Morgan fingerprint density at radius 3 is 2.85 bits per heavy atom. The van der Waals surface area contributed by atoms with Crippen LogP contribution in [0.3, 0.4) is 0 Å². The van der Waals surface area contributed by atoms with Gasteiger partial charge in [-0.2, -0.15) is 0 Å². The van der Waals surface area contributed by atoms with Crippen molar-refractivity contribution in [2.75, 3.05) is 0 Å². The van der Waals surface area contributed by atoms with Gasteiger partial charge in [-0.15, -0.1) is 0 Å². The van der Waals surface area contributed by atoms with Gasteiger partial charge in [0.25, 0.3) is 0 Å². The lowest BCUT2D eigenvalue weighted by atomic mass is 10.4. The summed E-state index contributed by atoms with van der Waals surface area (Å²) in [7, 11) is 0. The number of hydrogen-bond acceptors (Lipinski definition) is 2. The normalized spacial score (nSPS) is 12.5. The maximum atomic E-state index is 11.1. The number of furan rings is 1. The number of carbonyl (C=O) groups excluding carboxylic acids is 1. The van der Waals surface area contributed by atoms with Crippen molar-refractivity contribution in [2.24, 2.45) is 0 Å². The first-order valence-corrected chi connectivity index (χ1v) is 4.98. The molecule has 0 aliphatic carbocycles. The van der Waals surface area contributed by atoms with E-state index in [4.69, 9.17) is 4.42 Å². The van der Waals surface area contributed by atoms with Gasteiger partial charge in [-0.05, 0) is 26.0 Å². The van der Waals surface area contributed by atoms with Crippen LogP contribution in [-0.4, -0.2) is 10.7 Å². The van der Waals surface area contributed by atoms with Gasteiger partial charge >= 0.3 is 0 Å². The lowest BCUT2D eigenvalue weighted by molar-refractivity contribution is -0.120. The molecule has 72 valence electrons. The fourth-order valence-corrected chi connectivity index (χ4v) is 1.06. The standard InChI is InChI=1S/C9H12BrNO2/c1-6-3-4-8(13-6)5-11-9(12)7(2)10/h3-4,7H,5H2,1-2H3,(H,11,12). The average molecular weight is 246 g/mol. The number of rotatable bonds is 3. The van der Waals surface area contributed by atoms with Crippen LogP contribution in [0.4, 0.5) is 0 Å². The molecule has 0 aliphatic heterocycles. The smallest absolute Gasteiger partial charge is 0.233 e. The highest BCUT2D eigenvalue weighted by Gasteiger charge is 2.08. The Hall–Kier alpha value is -0.770. The molecule has 3 nitrogen and oxygen atoms in total. The van der Waals surface area contributed by atoms with Crippen LogP contribution in [0.5, 0.6) is 0 Å². The van der Waals surface area contributed by atoms with Crippen molar-refractivity contribution in [1.82, 2.24) is 5.32 Å². The number of halogens is 1. The summed E-state index contributed by atoms with van der Waals surface area (Å²) in [5, 5.41) is 2.73. The summed E-state index contributed by atoms with van der Waals surface area (Å²) in [5.74, 6) is 1.60. The molecule has 0 saturated carbocycles. The SMILES string of the molecule is Cc1ccc(CNC(=O)C(C)Br)o1. The quantitative estimate of drug-likeness (QED) is 0.828. The number of amides is 1. The van der Waals surface area contributed by atoms with Gasteiger partial charge in [0.1, 0.15) is 11.5 Å². The van der Waals surface area contributed by atoms with Gasteiger partial charge in [-0.25, -0.2) is 0 Å². The molecule has 1 N–H and O–H groups in total. The second-order valence-electron chi connectivity index (χ2n) is 2.85. The first-order valence-electron chi connectivity index (χ1n) is 4.06. The van der Waals surface area contributed by atoms with E-state index in [1.807, 2.05) is 19.1 Å². The highest BCUT2D eigenvalue weighted by Crippen LogP contribution is 2.06. The van der Waals surface area contributed by atoms with Crippen LogP contribution in [0.15, 0.2) is 16.5 Å². The number of alkyl halides is 1. The molecule has 1 atom stereocenters. The molecular weight excluding hydrogens is 234 g/mol. The van der Waals surface area contributed by atoms with Crippen molar-refractivity contribution in [3.8, 4) is 0 Å². The topological polar surface area (TPSA) is 42.2 Å². The largest absolute Gasteiger partial charge is 0.465 e. The Morgan fingerprint density at radius 1 is 1.69 bits per heavy atom. The van der Waals surface area contributed by atoms with Crippen molar-refractivity contribution < 1.29 is 9.21 Å². The Balaban J connectivity index is 2.39. The number of carbonyl (C=O) groups is 1. The second kappa shape index (κ2) is 4.46. The zero-order chi connectivity index (χ0) is 9.84. The number of aryl methyl sites for hydroxylation is 1. The van der Waals surface area contributed by atoms with E-state index in [1.54, 1.807) is 6.92 Å². The minimum absolute atomic E-state index is 0.0333. The lowest BCUT2D eigenvalue weighted by Gasteiger charge is -2.03. The van der Waals surface area contributed by atoms with Gasteiger partial charge in [0.2, 0.25) is 5.91 Å². The molecule has 1 heterocycles. The Morgan fingerprint density at radius 2 is 2.38 bits per heavy atom. The fourth-order valence-electron chi connectivity index (χ4n) is 0.895. The van der Waals surface area contributed by atoms with Crippen LogP contribution in [-0.2, 0) is 11.3 Å². The highest BCUT2D eigenvalue weighted by atomic mass is 79.9. The Kier molecular flexibility index (Phi) is 3.54. The molecular formula is C9H12BrNO2. The molecule has 0 spiro atoms. The Bertz CT molecular complexity index is 294. The van der Waals surface area contributed by atoms with Crippen LogP contribution >= 0.6 is 15.9 Å². The van der Waals surface area contributed by atoms with Crippen molar-refractivity contribution in [3.05, 3.63) is 23.7 Å². The molecule has 0 aromatic carbocycles. The van der Waals surface area contributed by atoms with E-state index in [2.05, 4.69) is 21.2 Å². The number of nitrogens with one attached hydrogen (secondary N) is 1. The second-order valence-corrected chi connectivity index (χ2v) is 4.22. The van der Waals surface area contributed by atoms with E-state index < -0.39 is 0 Å². The van der Waals surface area contributed by atoms with Gasteiger partial charge in [0, 0.05) is 0 Å². The summed E-state index contributed by atoms with van der Waals surface area (Å²) in [5.41, 5.74) is 0. The van der Waals surface area contributed by atoms with Gasteiger partial charge in [0.05, 0.1) is 11.4 Å². The summed E-state index contributed by atoms with van der Waals surface area (Å²) in [6.07, 6.45) is 0. The summed E-state index contributed by atoms with van der Waals surface area (Å²) in [6, 6.07) is 3.73. The van der Waals surface area contributed by atoms with E-state index in [0.717, 1.165) is 11.5 Å². The highest BCUT2D eigenvalue weighted by molar-refractivity contribution is 9.10. The third-order valence-corrected chi connectivity index (χ3v) is 2.01. The van der Waals surface area contributed by atoms with Crippen molar-refractivity contribution in [2.45, 2.75) is 25.2 Å². The molecule has 0 saturated heterocycles. The van der Waals surface area contributed by atoms with Gasteiger partial charge in [0.15, 0.2) is 0 Å². The van der Waals surface area contributed by atoms with Crippen molar-refractivity contribution in [3.63, 3.8) is 0 Å². The predicted octanol–water partition coefficient (Wildman–Crippen LogP) is 1.99. The third-order valence-electron chi connectivity index (χ3n) is 1.59. The fraction of sp³-hybridized carbons (Fsp3) is 0.444. The van der Waals surface area contributed by atoms with Gasteiger partial charge < -0.3 is 9.73 Å². The third kappa shape index (κ3) is 3.22. The zero-order valence-electron chi connectivity index (χ0n) is 7.63. The van der Waals surface area contributed by atoms with E-state index in [1.165, 1.54) is 0 Å². The summed E-state index contributed by atoms with van der Waals surface area (Å²) in [4.78, 5) is 11.0. The number of hydrogen-bond donors (Lipinski definition) is 1. The molecule has 1 aromatic rings. The maximum Gasteiger partial charge on any atom is 0.233 e. The first-order chi connectivity index (χ1) is 6.09. The summed E-state index contributed by atoms with van der Waals surface area (Å²) in [6.45, 7) is 4.10. The molecule has 1 amide bonds. The van der Waals surface area contributed by atoms with Crippen LogP contribution in [0.2, 0.25) is 0 Å². The molecule has 13 heavy (non-hydrogen) atoms. The van der Waals surface area contributed by atoms with Crippen LogP contribution in [0.25, 0.3) is 0 Å². The van der Waals surface area contributed by atoms with E-state index in [0.29, 0.717) is 6.54 Å². The molecule has 4 heteroatoms. The van der Waals surface area contributed by atoms with Gasteiger partial charge in [-0.1, -0.05) is 15.9 Å². The van der Waals surface area contributed by atoms with E-state index >= 15 is 0 Å². The minimum Gasteiger partial charge on any atom is -0.465 e. The van der Waals surface area contributed by atoms with E-state index in [-0.39, 0.29) is 10.7 Å². The summed E-state index contributed by atoms with van der Waals surface area (Å²) >= 11 is 3.18. The Labute approximate surface area is 85.6 Å². The molecule has 0 fully saturated rings. The molecule has 0 bridgehead atoms. The minimum atomic E-state index is -0.163. The van der Waals surface area contributed by atoms with E-state index in [9.17, 15) is 4.79 Å². The molecule has 1 aromatic heterocycles. The predicted molar refractivity (Wildman–Crippen MR) is 53.7 cm³/mol. The lowest BCUT2D eigenvalue weighted by Crippen LogP contribution is -2.28. The first kappa shape index (κ1) is 10.3. The molecule has 0 aliphatic rings. The van der Waals surface area contributed by atoms with Crippen LogP contribution in [0, 0.1) is 6.92 Å². The van der Waals surface area contributed by atoms with Crippen LogP contribution in [0.1, 0.15) is 18.4 Å². The van der Waals surface area contributed by atoms with Gasteiger partial charge in [-0.3, -0.25) is 4.79 Å². The van der Waals surface area contributed by atoms with Crippen molar-refractivity contribution in [1.29, 1.82) is 0 Å². The summed E-state index contributed by atoms with van der Waals surface area (Å²) < 4.78 is 5.28. The zero-order valence-corrected chi connectivity index (χ0v) is 9.22. The molecule has 1 unspecified atom stereocenters. The average Bonchev–Trinajstić information content (AvgIpc) is 2.47. The molecule has 0 radical (unpaired) electrons. The monoisotopic (exact) mass is 245 g/mol. The van der Waals surface area contributed by atoms with Crippen LogP contribution < -0.4 is 5.32 Å². The maximum absolute atomic E-state index is 11.1. The van der Waals surface area contributed by atoms with Crippen molar-refractivity contribution >= 4 is 21.8 Å².